The fraction of sp³-hybridized carbons (Fsp3) is 0.308. The number of benzene rings is 1. The summed E-state index contributed by atoms with van der Waals surface area (Å²) in [6.45, 7) is 2.12. The van der Waals surface area contributed by atoms with Gasteiger partial charge in [0.15, 0.2) is 0 Å². The van der Waals surface area contributed by atoms with E-state index in [4.69, 9.17) is 5.11 Å². The second kappa shape index (κ2) is 5.64. The molecule has 0 aliphatic carbocycles. The Hall–Kier alpha value is -1.86. The molecule has 1 aromatic carbocycles. The summed E-state index contributed by atoms with van der Waals surface area (Å²) >= 11 is 0. The number of anilines is 1. The van der Waals surface area contributed by atoms with Crippen LogP contribution >= 0.6 is 0 Å². The molecule has 108 valence electrons. The van der Waals surface area contributed by atoms with E-state index in [1.165, 1.54) is 28.4 Å². The Balaban J connectivity index is 2.30. The Kier molecular flexibility index (Phi) is 4.10. The highest BCUT2D eigenvalue weighted by Crippen LogP contribution is 2.21. The third-order valence-electron chi connectivity index (χ3n) is 2.99. The van der Waals surface area contributed by atoms with Crippen molar-refractivity contribution in [1.29, 1.82) is 0 Å². The summed E-state index contributed by atoms with van der Waals surface area (Å²) in [5.74, 6) is 0. The molecular formula is C13H17N3O3S. The van der Waals surface area contributed by atoms with E-state index in [1.807, 2.05) is 19.1 Å². The number of hydrogen-bond donors (Lipinski definition) is 1. The zero-order valence-electron chi connectivity index (χ0n) is 11.4. The number of hydrogen-bond acceptors (Lipinski definition) is 4. The normalized spacial score (nSPS) is 11.6. The van der Waals surface area contributed by atoms with Gasteiger partial charge in [-0.2, -0.15) is 5.10 Å². The van der Waals surface area contributed by atoms with E-state index in [2.05, 4.69) is 5.10 Å². The lowest BCUT2D eigenvalue weighted by Crippen LogP contribution is -2.26. The predicted molar refractivity (Wildman–Crippen MR) is 76.1 cm³/mol. The van der Waals surface area contributed by atoms with Gasteiger partial charge in [0.05, 0.1) is 25.0 Å². The van der Waals surface area contributed by atoms with Gasteiger partial charge >= 0.3 is 0 Å². The first-order valence-corrected chi connectivity index (χ1v) is 7.58. The lowest BCUT2D eigenvalue weighted by molar-refractivity contribution is 0.269. The van der Waals surface area contributed by atoms with Crippen molar-refractivity contribution in [2.75, 3.05) is 18.0 Å². The largest absolute Gasteiger partial charge is 0.394 e. The molecule has 0 saturated carbocycles. The Morgan fingerprint density at radius 2 is 1.95 bits per heavy atom. The molecule has 0 bridgehead atoms. The molecule has 1 N–H and O–H groups in total. The van der Waals surface area contributed by atoms with Crippen LogP contribution in [0.1, 0.15) is 5.56 Å². The van der Waals surface area contributed by atoms with Crippen LogP contribution in [0.15, 0.2) is 41.6 Å². The number of aromatic nitrogens is 2. The van der Waals surface area contributed by atoms with E-state index in [9.17, 15) is 8.42 Å². The monoisotopic (exact) mass is 295 g/mol. The van der Waals surface area contributed by atoms with E-state index in [0.29, 0.717) is 5.69 Å². The van der Waals surface area contributed by atoms with Gasteiger partial charge in [-0.05, 0) is 19.1 Å². The van der Waals surface area contributed by atoms with Crippen molar-refractivity contribution in [1.82, 2.24) is 9.78 Å². The second-order valence-corrected chi connectivity index (χ2v) is 6.44. The molecule has 2 rings (SSSR count). The molecule has 2 aromatic rings. The van der Waals surface area contributed by atoms with Gasteiger partial charge in [0.2, 0.25) is 0 Å². The summed E-state index contributed by atoms with van der Waals surface area (Å²) in [4.78, 5) is 0.106. The van der Waals surface area contributed by atoms with Gasteiger partial charge in [-0.25, -0.2) is 8.42 Å². The average Bonchev–Trinajstić information content (AvgIpc) is 2.88. The van der Waals surface area contributed by atoms with Crippen molar-refractivity contribution in [2.45, 2.75) is 18.4 Å². The van der Waals surface area contributed by atoms with Crippen LogP contribution in [-0.4, -0.2) is 37.0 Å². The maximum Gasteiger partial charge on any atom is 0.267 e. The highest BCUT2D eigenvalue weighted by molar-refractivity contribution is 7.92. The van der Waals surface area contributed by atoms with Crippen LogP contribution in [0.5, 0.6) is 0 Å². The van der Waals surface area contributed by atoms with Crippen LogP contribution in [0.4, 0.5) is 5.69 Å². The van der Waals surface area contributed by atoms with Crippen molar-refractivity contribution in [3.8, 4) is 0 Å². The zero-order chi connectivity index (χ0) is 14.8. The summed E-state index contributed by atoms with van der Waals surface area (Å²) in [5.41, 5.74) is 1.65. The van der Waals surface area contributed by atoms with Crippen molar-refractivity contribution >= 4 is 15.7 Å². The Morgan fingerprint density at radius 1 is 1.30 bits per heavy atom. The lowest BCUT2D eigenvalue weighted by Gasteiger charge is -2.18. The third kappa shape index (κ3) is 2.83. The molecule has 0 saturated heterocycles. The molecule has 7 heteroatoms. The second-order valence-electron chi connectivity index (χ2n) is 4.47. The summed E-state index contributed by atoms with van der Waals surface area (Å²) in [6.07, 6.45) is 2.70. The SMILES string of the molecule is Cc1ccc(N(C)S(=O)(=O)c2cnn(CCO)c2)cc1. The summed E-state index contributed by atoms with van der Waals surface area (Å²) in [6, 6.07) is 7.23. The standard InChI is InChI=1S/C13H17N3O3S/c1-11-3-5-12(6-4-11)15(2)20(18,19)13-9-14-16(10-13)7-8-17/h3-6,9-10,17H,7-8H2,1-2H3. The van der Waals surface area contributed by atoms with Gasteiger partial charge in [0.25, 0.3) is 10.0 Å². The highest BCUT2D eigenvalue weighted by atomic mass is 32.2. The minimum absolute atomic E-state index is 0.0883. The van der Waals surface area contributed by atoms with Gasteiger partial charge in [0, 0.05) is 13.2 Å². The van der Waals surface area contributed by atoms with Gasteiger partial charge in [0.1, 0.15) is 4.90 Å². The van der Waals surface area contributed by atoms with Gasteiger partial charge in [-0.15, -0.1) is 0 Å². The molecule has 0 aliphatic heterocycles. The quantitative estimate of drug-likeness (QED) is 0.893. The molecule has 1 aromatic heterocycles. The fourth-order valence-corrected chi connectivity index (χ4v) is 2.90. The van der Waals surface area contributed by atoms with E-state index in [1.54, 1.807) is 12.1 Å². The molecule has 6 nitrogen and oxygen atoms in total. The highest BCUT2D eigenvalue weighted by Gasteiger charge is 2.22. The first-order valence-electron chi connectivity index (χ1n) is 6.14. The third-order valence-corrected chi connectivity index (χ3v) is 4.73. The van der Waals surface area contributed by atoms with Crippen LogP contribution in [-0.2, 0) is 16.6 Å². The molecule has 0 spiro atoms. The van der Waals surface area contributed by atoms with Crippen LogP contribution in [0.25, 0.3) is 0 Å². The van der Waals surface area contributed by atoms with E-state index >= 15 is 0 Å². The van der Waals surface area contributed by atoms with Gasteiger partial charge in [-0.3, -0.25) is 8.99 Å². The van der Waals surface area contributed by atoms with Gasteiger partial charge < -0.3 is 5.11 Å². The van der Waals surface area contributed by atoms with Crippen molar-refractivity contribution < 1.29 is 13.5 Å². The van der Waals surface area contributed by atoms with Crippen molar-refractivity contribution in [3.63, 3.8) is 0 Å². The minimum atomic E-state index is -3.63. The first kappa shape index (κ1) is 14.5. The van der Waals surface area contributed by atoms with Crippen LogP contribution < -0.4 is 4.31 Å². The van der Waals surface area contributed by atoms with Crippen LogP contribution in [0.3, 0.4) is 0 Å². The maximum absolute atomic E-state index is 12.4. The molecule has 20 heavy (non-hydrogen) atoms. The van der Waals surface area contributed by atoms with Crippen molar-refractivity contribution in [3.05, 3.63) is 42.2 Å². The number of rotatable bonds is 5. The number of aliphatic hydroxyl groups excluding tert-OH is 1. The molecule has 0 fully saturated rings. The molecule has 1 heterocycles. The zero-order valence-corrected chi connectivity index (χ0v) is 12.2. The van der Waals surface area contributed by atoms with Crippen molar-refractivity contribution in [2.24, 2.45) is 0 Å². The number of aryl methyl sites for hydroxylation is 1. The molecular weight excluding hydrogens is 278 g/mol. The summed E-state index contributed by atoms with van der Waals surface area (Å²) < 4.78 is 27.5. The molecule has 0 aliphatic rings. The summed E-state index contributed by atoms with van der Waals surface area (Å²) in [5, 5.41) is 12.7. The molecule has 0 unspecified atom stereocenters. The molecule has 0 atom stereocenters. The lowest BCUT2D eigenvalue weighted by atomic mass is 10.2. The fourth-order valence-electron chi connectivity index (χ4n) is 1.75. The van der Waals surface area contributed by atoms with Crippen LogP contribution in [0, 0.1) is 6.92 Å². The summed E-state index contributed by atoms with van der Waals surface area (Å²) in [7, 11) is -2.13. The minimum Gasteiger partial charge on any atom is -0.394 e. The van der Waals surface area contributed by atoms with Crippen LogP contribution in [0.2, 0.25) is 0 Å². The Morgan fingerprint density at radius 3 is 2.55 bits per heavy atom. The Labute approximate surface area is 118 Å². The molecule has 0 radical (unpaired) electrons. The van der Waals surface area contributed by atoms with Gasteiger partial charge in [-0.1, -0.05) is 17.7 Å². The molecule has 0 amide bonds. The number of sulfonamides is 1. The average molecular weight is 295 g/mol. The smallest absolute Gasteiger partial charge is 0.267 e. The number of aliphatic hydroxyl groups is 1. The maximum atomic E-state index is 12.4. The predicted octanol–water partition coefficient (Wildman–Crippen LogP) is 1.01. The van der Waals surface area contributed by atoms with E-state index < -0.39 is 10.0 Å². The Bertz CT molecular complexity index is 677. The topological polar surface area (TPSA) is 75.4 Å². The van der Waals surface area contributed by atoms with E-state index in [0.717, 1.165) is 5.56 Å². The first-order chi connectivity index (χ1) is 9.45. The number of nitrogens with zero attached hydrogens (tertiary/aromatic N) is 3. The van der Waals surface area contributed by atoms with E-state index in [-0.39, 0.29) is 18.0 Å².